The number of hydrogen-bond donors (Lipinski definition) is 1. The standard InChI is InChI=1S/C10H18F3NO/c1-9(2)5-3-4-8(9)14-6-7-15-10(11,12)13/h8,14H,3-7H2,1-2H3. The van der Waals surface area contributed by atoms with Crippen LogP contribution in [0, 0.1) is 5.41 Å². The summed E-state index contributed by atoms with van der Waals surface area (Å²) in [6.07, 6.45) is -1.19. The van der Waals surface area contributed by atoms with E-state index in [4.69, 9.17) is 0 Å². The van der Waals surface area contributed by atoms with E-state index in [-0.39, 0.29) is 18.6 Å². The molecule has 0 bridgehead atoms. The van der Waals surface area contributed by atoms with Gasteiger partial charge in [0.05, 0.1) is 6.61 Å². The fourth-order valence-electron chi connectivity index (χ4n) is 2.11. The molecule has 1 aliphatic carbocycles. The van der Waals surface area contributed by atoms with Crippen molar-refractivity contribution in [1.82, 2.24) is 5.32 Å². The van der Waals surface area contributed by atoms with Crippen LogP contribution >= 0.6 is 0 Å². The van der Waals surface area contributed by atoms with E-state index in [0.29, 0.717) is 6.04 Å². The molecule has 0 aromatic rings. The van der Waals surface area contributed by atoms with E-state index in [0.717, 1.165) is 19.3 Å². The van der Waals surface area contributed by atoms with Crippen molar-refractivity contribution in [1.29, 1.82) is 0 Å². The molecule has 0 aliphatic heterocycles. The van der Waals surface area contributed by atoms with Crippen molar-refractivity contribution in [2.24, 2.45) is 5.41 Å². The Bertz CT molecular complexity index is 203. The first-order valence-electron chi connectivity index (χ1n) is 5.25. The van der Waals surface area contributed by atoms with E-state index in [2.05, 4.69) is 23.9 Å². The van der Waals surface area contributed by atoms with Gasteiger partial charge in [-0.2, -0.15) is 0 Å². The average molecular weight is 225 g/mol. The largest absolute Gasteiger partial charge is 0.522 e. The second kappa shape index (κ2) is 4.70. The van der Waals surface area contributed by atoms with Crippen molar-refractivity contribution in [3.63, 3.8) is 0 Å². The third-order valence-electron chi connectivity index (χ3n) is 3.02. The normalized spacial score (nSPS) is 25.8. The van der Waals surface area contributed by atoms with Gasteiger partial charge >= 0.3 is 6.36 Å². The maximum Gasteiger partial charge on any atom is 0.522 e. The van der Waals surface area contributed by atoms with Crippen LogP contribution in [-0.2, 0) is 4.74 Å². The van der Waals surface area contributed by atoms with Crippen LogP contribution in [0.5, 0.6) is 0 Å². The lowest BCUT2D eigenvalue weighted by Crippen LogP contribution is -2.39. The molecule has 1 rings (SSSR count). The molecular formula is C10H18F3NO. The highest BCUT2D eigenvalue weighted by Gasteiger charge is 2.34. The van der Waals surface area contributed by atoms with Crippen molar-refractivity contribution >= 4 is 0 Å². The zero-order chi connectivity index (χ0) is 11.5. The number of rotatable bonds is 4. The molecule has 0 amide bonds. The molecule has 0 saturated heterocycles. The van der Waals surface area contributed by atoms with E-state index in [1.807, 2.05) is 0 Å². The molecular weight excluding hydrogens is 207 g/mol. The third-order valence-corrected chi connectivity index (χ3v) is 3.02. The molecule has 90 valence electrons. The maximum atomic E-state index is 11.7. The molecule has 0 aromatic carbocycles. The average Bonchev–Trinajstić information content (AvgIpc) is 2.37. The summed E-state index contributed by atoms with van der Waals surface area (Å²) in [5.41, 5.74) is 0.193. The Balaban J connectivity index is 2.15. The smallest absolute Gasteiger partial charge is 0.311 e. The minimum absolute atomic E-state index is 0.193. The summed E-state index contributed by atoms with van der Waals surface area (Å²) in [4.78, 5) is 0. The summed E-state index contributed by atoms with van der Waals surface area (Å²) < 4.78 is 38.7. The number of alkyl halides is 3. The van der Waals surface area contributed by atoms with E-state index < -0.39 is 6.36 Å². The van der Waals surface area contributed by atoms with Gasteiger partial charge in [0, 0.05) is 12.6 Å². The molecule has 2 nitrogen and oxygen atoms in total. The van der Waals surface area contributed by atoms with Gasteiger partial charge < -0.3 is 5.32 Å². The minimum Gasteiger partial charge on any atom is -0.311 e. The molecule has 1 N–H and O–H groups in total. The van der Waals surface area contributed by atoms with Crippen LogP contribution in [0.1, 0.15) is 33.1 Å². The number of ether oxygens (including phenoxy) is 1. The lowest BCUT2D eigenvalue weighted by atomic mass is 9.87. The van der Waals surface area contributed by atoms with Gasteiger partial charge in [-0.05, 0) is 18.3 Å². The van der Waals surface area contributed by atoms with Crippen LogP contribution in [0.4, 0.5) is 13.2 Å². The van der Waals surface area contributed by atoms with Crippen molar-refractivity contribution in [3.8, 4) is 0 Å². The van der Waals surface area contributed by atoms with Crippen LogP contribution in [0.15, 0.2) is 0 Å². The highest BCUT2D eigenvalue weighted by atomic mass is 19.4. The van der Waals surface area contributed by atoms with Crippen LogP contribution in [-0.4, -0.2) is 25.6 Å². The van der Waals surface area contributed by atoms with Gasteiger partial charge in [-0.3, -0.25) is 4.74 Å². The third kappa shape index (κ3) is 4.38. The van der Waals surface area contributed by atoms with E-state index in [1.165, 1.54) is 0 Å². The predicted octanol–water partition coefficient (Wildman–Crippen LogP) is 2.69. The molecule has 0 aromatic heterocycles. The SMILES string of the molecule is CC1(C)CCCC1NCCOC(F)(F)F. The molecule has 0 radical (unpaired) electrons. The zero-order valence-corrected chi connectivity index (χ0v) is 9.16. The Morgan fingerprint density at radius 3 is 2.53 bits per heavy atom. The molecule has 0 spiro atoms. The van der Waals surface area contributed by atoms with Gasteiger partial charge in [0.2, 0.25) is 0 Å². The second-order valence-corrected chi connectivity index (χ2v) is 4.68. The maximum absolute atomic E-state index is 11.7. The fourth-order valence-corrected chi connectivity index (χ4v) is 2.11. The van der Waals surface area contributed by atoms with Gasteiger partial charge in [0.1, 0.15) is 0 Å². The zero-order valence-electron chi connectivity index (χ0n) is 9.16. The predicted molar refractivity (Wildman–Crippen MR) is 51.4 cm³/mol. The first-order chi connectivity index (χ1) is 6.81. The molecule has 1 aliphatic rings. The summed E-state index contributed by atoms with van der Waals surface area (Å²) in [5.74, 6) is 0. The van der Waals surface area contributed by atoms with E-state index in [9.17, 15) is 13.2 Å². The Kier molecular flexibility index (Phi) is 4.00. The lowest BCUT2D eigenvalue weighted by Gasteiger charge is -2.27. The van der Waals surface area contributed by atoms with Crippen LogP contribution in [0.3, 0.4) is 0 Å². The topological polar surface area (TPSA) is 21.3 Å². The Morgan fingerprint density at radius 1 is 1.40 bits per heavy atom. The van der Waals surface area contributed by atoms with Crippen molar-refractivity contribution < 1.29 is 17.9 Å². The van der Waals surface area contributed by atoms with Crippen molar-refractivity contribution in [2.75, 3.05) is 13.2 Å². The van der Waals surface area contributed by atoms with Gasteiger partial charge in [0.15, 0.2) is 0 Å². The van der Waals surface area contributed by atoms with Crippen molar-refractivity contribution in [3.05, 3.63) is 0 Å². The summed E-state index contributed by atoms with van der Waals surface area (Å²) >= 11 is 0. The Labute approximate surface area is 88.2 Å². The molecule has 1 fully saturated rings. The van der Waals surface area contributed by atoms with E-state index >= 15 is 0 Å². The number of hydrogen-bond acceptors (Lipinski definition) is 2. The molecule has 15 heavy (non-hydrogen) atoms. The van der Waals surface area contributed by atoms with Crippen LogP contribution in [0.25, 0.3) is 0 Å². The first kappa shape index (κ1) is 12.8. The molecule has 1 atom stereocenters. The number of nitrogens with one attached hydrogen (secondary N) is 1. The fraction of sp³-hybridized carbons (Fsp3) is 1.00. The highest BCUT2D eigenvalue weighted by molar-refractivity contribution is 4.89. The van der Waals surface area contributed by atoms with Gasteiger partial charge in [0.25, 0.3) is 0 Å². The number of halogens is 3. The Morgan fingerprint density at radius 2 is 2.07 bits per heavy atom. The van der Waals surface area contributed by atoms with E-state index in [1.54, 1.807) is 0 Å². The molecule has 1 saturated carbocycles. The van der Waals surface area contributed by atoms with Crippen molar-refractivity contribution in [2.45, 2.75) is 45.5 Å². The van der Waals surface area contributed by atoms with Gasteiger partial charge in [-0.1, -0.05) is 20.3 Å². The van der Waals surface area contributed by atoms with Crippen LogP contribution in [0.2, 0.25) is 0 Å². The highest BCUT2D eigenvalue weighted by Crippen LogP contribution is 2.36. The quantitative estimate of drug-likeness (QED) is 0.743. The molecule has 0 heterocycles. The minimum atomic E-state index is -4.51. The summed E-state index contributed by atoms with van der Waals surface area (Å²) in [7, 11) is 0. The Hall–Kier alpha value is -0.290. The lowest BCUT2D eigenvalue weighted by molar-refractivity contribution is -0.323. The molecule has 5 heteroatoms. The summed E-state index contributed by atoms with van der Waals surface area (Å²) in [5, 5.41) is 3.12. The molecule has 1 unspecified atom stereocenters. The monoisotopic (exact) mass is 225 g/mol. The van der Waals surface area contributed by atoms with Crippen LogP contribution < -0.4 is 5.32 Å². The second-order valence-electron chi connectivity index (χ2n) is 4.68. The first-order valence-corrected chi connectivity index (χ1v) is 5.25. The summed E-state index contributed by atoms with van der Waals surface area (Å²) in [6, 6.07) is 0.314. The van der Waals surface area contributed by atoms with Gasteiger partial charge in [-0.15, -0.1) is 13.2 Å². The summed E-state index contributed by atoms with van der Waals surface area (Å²) in [6.45, 7) is 4.23. The van der Waals surface area contributed by atoms with Gasteiger partial charge in [-0.25, -0.2) is 0 Å².